The number of hydrogen-bond acceptors (Lipinski definition) is 3. The van der Waals surface area contributed by atoms with E-state index in [1.807, 2.05) is 6.07 Å². The summed E-state index contributed by atoms with van der Waals surface area (Å²) in [6.07, 6.45) is 2.39. The molecule has 2 aliphatic rings. The van der Waals surface area contributed by atoms with E-state index in [-0.39, 0.29) is 5.41 Å². The summed E-state index contributed by atoms with van der Waals surface area (Å²) in [6, 6.07) is 4.21. The van der Waals surface area contributed by atoms with Crippen molar-refractivity contribution in [2.45, 2.75) is 38.0 Å². The Morgan fingerprint density at radius 3 is 2.65 bits per heavy atom. The van der Waals surface area contributed by atoms with Gasteiger partial charge in [0, 0.05) is 17.5 Å². The second-order valence-electron chi connectivity index (χ2n) is 5.40. The fraction of sp³-hybridized carbons (Fsp3) is 0.571. The van der Waals surface area contributed by atoms with E-state index in [1.165, 1.54) is 24.0 Å². The molecule has 1 aliphatic heterocycles. The Morgan fingerprint density at radius 2 is 2.06 bits per heavy atom. The molecule has 92 valence electrons. The van der Waals surface area contributed by atoms with Gasteiger partial charge in [-0.1, -0.05) is 19.9 Å². The van der Waals surface area contributed by atoms with E-state index in [9.17, 15) is 0 Å². The monoisotopic (exact) mass is 233 g/mol. The van der Waals surface area contributed by atoms with Gasteiger partial charge in [-0.2, -0.15) is 0 Å². The summed E-state index contributed by atoms with van der Waals surface area (Å²) in [6.45, 7) is 5.47. The quantitative estimate of drug-likeness (QED) is 0.872. The molecule has 0 radical (unpaired) electrons. The van der Waals surface area contributed by atoms with Crippen molar-refractivity contribution in [3.05, 3.63) is 23.3 Å². The standard InChI is InChI=1S/C14H19NO2/c1-9(2)12-10(14(7-15)5-6-14)3-4-11-13(12)17-8-16-11/h3-4,9H,5-8,15H2,1-2H3. The summed E-state index contributed by atoms with van der Waals surface area (Å²) in [7, 11) is 0. The van der Waals surface area contributed by atoms with Crippen LogP contribution in [0.15, 0.2) is 12.1 Å². The van der Waals surface area contributed by atoms with Gasteiger partial charge in [-0.25, -0.2) is 0 Å². The van der Waals surface area contributed by atoms with Crippen molar-refractivity contribution in [1.82, 2.24) is 0 Å². The lowest BCUT2D eigenvalue weighted by atomic mass is 9.85. The molecule has 3 nitrogen and oxygen atoms in total. The van der Waals surface area contributed by atoms with Crippen LogP contribution < -0.4 is 15.2 Å². The van der Waals surface area contributed by atoms with Gasteiger partial charge >= 0.3 is 0 Å². The van der Waals surface area contributed by atoms with Gasteiger partial charge in [0.25, 0.3) is 0 Å². The molecule has 1 aliphatic carbocycles. The van der Waals surface area contributed by atoms with Crippen molar-refractivity contribution in [2.75, 3.05) is 13.3 Å². The highest BCUT2D eigenvalue weighted by Crippen LogP contribution is 2.53. The molecular formula is C14H19NO2. The largest absolute Gasteiger partial charge is 0.454 e. The van der Waals surface area contributed by atoms with Gasteiger partial charge in [0.15, 0.2) is 11.5 Å². The van der Waals surface area contributed by atoms with Gasteiger partial charge in [-0.15, -0.1) is 0 Å². The molecule has 3 rings (SSSR count). The average molecular weight is 233 g/mol. The van der Waals surface area contributed by atoms with E-state index in [2.05, 4.69) is 19.9 Å². The Morgan fingerprint density at radius 1 is 1.29 bits per heavy atom. The summed E-state index contributed by atoms with van der Waals surface area (Å²) in [4.78, 5) is 0. The van der Waals surface area contributed by atoms with Crippen molar-refractivity contribution in [3.63, 3.8) is 0 Å². The van der Waals surface area contributed by atoms with Crippen LogP contribution in [0.1, 0.15) is 43.7 Å². The smallest absolute Gasteiger partial charge is 0.231 e. The predicted octanol–water partition coefficient (Wildman–Crippen LogP) is 2.53. The lowest BCUT2D eigenvalue weighted by Crippen LogP contribution is -2.21. The van der Waals surface area contributed by atoms with Gasteiger partial charge in [-0.05, 0) is 30.4 Å². The van der Waals surface area contributed by atoms with E-state index in [4.69, 9.17) is 15.2 Å². The van der Waals surface area contributed by atoms with Crippen LogP contribution in [0.3, 0.4) is 0 Å². The Balaban J connectivity index is 2.16. The third-order valence-electron chi connectivity index (χ3n) is 3.97. The predicted molar refractivity (Wildman–Crippen MR) is 66.6 cm³/mol. The molecule has 0 unspecified atom stereocenters. The third kappa shape index (κ3) is 1.53. The molecular weight excluding hydrogens is 214 g/mol. The first-order valence-corrected chi connectivity index (χ1v) is 6.31. The zero-order valence-corrected chi connectivity index (χ0v) is 10.5. The highest BCUT2D eigenvalue weighted by atomic mass is 16.7. The molecule has 0 atom stereocenters. The number of rotatable bonds is 3. The lowest BCUT2D eigenvalue weighted by molar-refractivity contribution is 0.173. The zero-order valence-electron chi connectivity index (χ0n) is 10.5. The van der Waals surface area contributed by atoms with Crippen LogP contribution in [0, 0.1) is 0 Å². The van der Waals surface area contributed by atoms with E-state index in [1.54, 1.807) is 0 Å². The molecule has 1 fully saturated rings. The minimum atomic E-state index is 0.209. The number of nitrogens with two attached hydrogens (primary N) is 1. The van der Waals surface area contributed by atoms with Gasteiger partial charge in [0.1, 0.15) is 0 Å². The average Bonchev–Trinajstić information content (AvgIpc) is 2.98. The first-order chi connectivity index (χ1) is 8.18. The molecule has 0 amide bonds. The second-order valence-corrected chi connectivity index (χ2v) is 5.40. The fourth-order valence-corrected chi connectivity index (χ4v) is 2.76. The fourth-order valence-electron chi connectivity index (χ4n) is 2.76. The summed E-state index contributed by atoms with van der Waals surface area (Å²) in [5, 5.41) is 0. The molecule has 0 bridgehead atoms. The number of hydrogen-bond donors (Lipinski definition) is 1. The van der Waals surface area contributed by atoms with Crippen LogP contribution in [0.25, 0.3) is 0 Å². The molecule has 0 spiro atoms. The maximum atomic E-state index is 5.94. The molecule has 1 heterocycles. The van der Waals surface area contributed by atoms with Gasteiger partial charge in [-0.3, -0.25) is 0 Å². The summed E-state index contributed by atoms with van der Waals surface area (Å²) < 4.78 is 11.1. The summed E-state index contributed by atoms with van der Waals surface area (Å²) in [5.41, 5.74) is 8.82. The molecule has 2 N–H and O–H groups in total. The number of ether oxygens (including phenoxy) is 2. The van der Waals surface area contributed by atoms with E-state index < -0.39 is 0 Å². The topological polar surface area (TPSA) is 44.5 Å². The maximum absolute atomic E-state index is 5.94. The van der Waals surface area contributed by atoms with Gasteiger partial charge in [0.05, 0.1) is 0 Å². The van der Waals surface area contributed by atoms with Crippen LogP contribution in [-0.4, -0.2) is 13.3 Å². The van der Waals surface area contributed by atoms with Crippen molar-refractivity contribution in [1.29, 1.82) is 0 Å². The first kappa shape index (κ1) is 10.9. The van der Waals surface area contributed by atoms with Crippen LogP contribution in [0.5, 0.6) is 11.5 Å². The second kappa shape index (κ2) is 3.64. The van der Waals surface area contributed by atoms with Crippen LogP contribution >= 0.6 is 0 Å². The van der Waals surface area contributed by atoms with Gasteiger partial charge < -0.3 is 15.2 Å². The Kier molecular flexibility index (Phi) is 2.33. The number of benzene rings is 1. The molecule has 1 aromatic carbocycles. The maximum Gasteiger partial charge on any atom is 0.231 e. The van der Waals surface area contributed by atoms with E-state index in [0.29, 0.717) is 12.7 Å². The molecule has 0 aromatic heterocycles. The van der Waals surface area contributed by atoms with E-state index in [0.717, 1.165) is 18.0 Å². The first-order valence-electron chi connectivity index (χ1n) is 6.31. The molecule has 3 heteroatoms. The Bertz CT molecular complexity index is 450. The van der Waals surface area contributed by atoms with E-state index >= 15 is 0 Å². The normalized spacial score (nSPS) is 19.8. The van der Waals surface area contributed by atoms with Crippen LogP contribution in [0.2, 0.25) is 0 Å². The minimum absolute atomic E-state index is 0.209. The Labute approximate surface area is 102 Å². The SMILES string of the molecule is CC(C)c1c(C2(CN)CC2)ccc2c1OCO2. The molecule has 1 saturated carbocycles. The van der Waals surface area contributed by atoms with Crippen molar-refractivity contribution >= 4 is 0 Å². The minimum Gasteiger partial charge on any atom is -0.454 e. The Hall–Kier alpha value is -1.22. The van der Waals surface area contributed by atoms with Crippen LogP contribution in [0.4, 0.5) is 0 Å². The molecule has 17 heavy (non-hydrogen) atoms. The van der Waals surface area contributed by atoms with Crippen molar-refractivity contribution < 1.29 is 9.47 Å². The van der Waals surface area contributed by atoms with Gasteiger partial charge in [0.2, 0.25) is 6.79 Å². The zero-order chi connectivity index (χ0) is 12.0. The highest BCUT2D eigenvalue weighted by Gasteiger charge is 2.45. The summed E-state index contributed by atoms with van der Waals surface area (Å²) >= 11 is 0. The summed E-state index contributed by atoms with van der Waals surface area (Å²) in [5.74, 6) is 2.26. The van der Waals surface area contributed by atoms with Crippen molar-refractivity contribution in [2.24, 2.45) is 5.73 Å². The van der Waals surface area contributed by atoms with Crippen LogP contribution in [-0.2, 0) is 5.41 Å². The number of fused-ring (bicyclic) bond motifs is 1. The molecule has 1 aromatic rings. The highest BCUT2D eigenvalue weighted by molar-refractivity contribution is 5.56. The molecule has 0 saturated heterocycles. The van der Waals surface area contributed by atoms with Crippen molar-refractivity contribution in [3.8, 4) is 11.5 Å². The lowest BCUT2D eigenvalue weighted by Gasteiger charge is -2.21. The third-order valence-corrected chi connectivity index (χ3v) is 3.97.